The van der Waals surface area contributed by atoms with Crippen molar-refractivity contribution in [1.29, 1.82) is 0 Å². The average molecular weight is 254 g/mol. The Labute approximate surface area is 82.9 Å². The maximum absolute atomic E-state index is 5.63. The lowest BCUT2D eigenvalue weighted by atomic mass is 10.5. The van der Waals surface area contributed by atoms with Crippen molar-refractivity contribution in [2.75, 3.05) is 6.26 Å². The second-order valence-corrected chi connectivity index (χ2v) is 3.68. The van der Waals surface area contributed by atoms with Crippen molar-refractivity contribution in [3.63, 3.8) is 0 Å². The van der Waals surface area contributed by atoms with Gasteiger partial charge in [-0.05, 0) is 22.2 Å². The Morgan fingerprint density at radius 1 is 1.73 bits per heavy atom. The Bertz CT molecular complexity index is 256. The van der Waals surface area contributed by atoms with Gasteiger partial charge in [-0.2, -0.15) is 0 Å². The van der Waals surface area contributed by atoms with E-state index in [1.165, 1.54) is 11.8 Å². The molecule has 0 saturated carbocycles. The molecule has 0 aromatic carbocycles. The number of aromatic nitrogens is 2. The Morgan fingerprint density at radius 2 is 2.45 bits per heavy atom. The molecule has 0 fully saturated rings. The van der Waals surface area contributed by atoms with Gasteiger partial charge in [-0.3, -0.25) is 0 Å². The summed E-state index contributed by atoms with van der Waals surface area (Å²) >= 11 is 10.4. The van der Waals surface area contributed by atoms with Crippen LogP contribution in [-0.2, 0) is 5.88 Å². The number of nitrogens with zero attached hydrogens (tertiary/aromatic N) is 2. The maximum Gasteiger partial charge on any atom is 0.187 e. The molecular weight excluding hydrogens is 248 g/mol. The van der Waals surface area contributed by atoms with E-state index in [0.717, 1.165) is 15.3 Å². The van der Waals surface area contributed by atoms with E-state index in [1.807, 2.05) is 6.26 Å². The summed E-state index contributed by atoms with van der Waals surface area (Å²) in [5.41, 5.74) is 0.839. The normalized spacial score (nSPS) is 10.1. The monoisotopic (exact) mass is 252 g/mol. The summed E-state index contributed by atoms with van der Waals surface area (Å²) in [6.07, 6.45) is 3.65. The molecule has 1 rings (SSSR count). The third kappa shape index (κ3) is 2.32. The van der Waals surface area contributed by atoms with Gasteiger partial charge in [-0.25, -0.2) is 9.97 Å². The number of alkyl halides is 1. The van der Waals surface area contributed by atoms with Crippen LogP contribution in [0.15, 0.2) is 15.8 Å². The fourth-order valence-electron chi connectivity index (χ4n) is 0.576. The van der Waals surface area contributed by atoms with Gasteiger partial charge in [0.05, 0.1) is 16.0 Å². The second kappa shape index (κ2) is 4.28. The fraction of sp³-hybridized carbons (Fsp3) is 0.333. The molecule has 5 heteroatoms. The van der Waals surface area contributed by atoms with E-state index in [0.29, 0.717) is 5.88 Å². The Hall–Kier alpha value is 0.200. The third-order valence-corrected chi connectivity index (χ3v) is 2.58. The van der Waals surface area contributed by atoms with Gasteiger partial charge in [0.2, 0.25) is 0 Å². The highest BCUT2D eigenvalue weighted by molar-refractivity contribution is 9.10. The van der Waals surface area contributed by atoms with Crippen molar-refractivity contribution in [1.82, 2.24) is 9.97 Å². The zero-order valence-electron chi connectivity index (χ0n) is 5.84. The van der Waals surface area contributed by atoms with Gasteiger partial charge in [-0.1, -0.05) is 11.8 Å². The molecular formula is C6H6BrClN2S. The maximum atomic E-state index is 5.63. The molecule has 0 atom stereocenters. The van der Waals surface area contributed by atoms with Gasteiger partial charge in [0.15, 0.2) is 5.16 Å². The van der Waals surface area contributed by atoms with Gasteiger partial charge < -0.3 is 0 Å². The predicted octanol–water partition coefficient (Wildman–Crippen LogP) is 2.70. The summed E-state index contributed by atoms with van der Waals surface area (Å²) in [6.45, 7) is 0. The second-order valence-electron chi connectivity index (χ2n) is 1.78. The van der Waals surface area contributed by atoms with Crippen LogP contribution in [0.3, 0.4) is 0 Å². The van der Waals surface area contributed by atoms with Crippen molar-refractivity contribution in [2.24, 2.45) is 0 Å². The van der Waals surface area contributed by atoms with Gasteiger partial charge in [0, 0.05) is 6.20 Å². The van der Waals surface area contributed by atoms with E-state index in [9.17, 15) is 0 Å². The molecule has 0 unspecified atom stereocenters. The highest BCUT2D eigenvalue weighted by atomic mass is 79.9. The molecule has 11 heavy (non-hydrogen) atoms. The Morgan fingerprint density at radius 3 is 3.00 bits per heavy atom. The first-order chi connectivity index (χ1) is 5.27. The molecule has 1 aromatic heterocycles. The Balaban J connectivity index is 3.02. The number of hydrogen-bond acceptors (Lipinski definition) is 3. The Kier molecular flexibility index (Phi) is 3.62. The van der Waals surface area contributed by atoms with Crippen LogP contribution < -0.4 is 0 Å². The predicted molar refractivity (Wildman–Crippen MR) is 51.1 cm³/mol. The van der Waals surface area contributed by atoms with Gasteiger partial charge >= 0.3 is 0 Å². The molecule has 1 aromatic rings. The molecule has 0 aliphatic carbocycles. The molecule has 0 saturated heterocycles. The lowest BCUT2D eigenvalue weighted by Crippen LogP contribution is -1.92. The summed E-state index contributed by atoms with van der Waals surface area (Å²) in [5, 5.41) is 0.754. The minimum atomic E-state index is 0.413. The zero-order chi connectivity index (χ0) is 8.27. The van der Waals surface area contributed by atoms with Crippen LogP contribution in [0.1, 0.15) is 5.69 Å². The highest BCUT2D eigenvalue weighted by Crippen LogP contribution is 2.18. The molecule has 0 bridgehead atoms. The number of hydrogen-bond donors (Lipinski definition) is 0. The lowest BCUT2D eigenvalue weighted by Gasteiger charge is -1.99. The molecule has 60 valence electrons. The van der Waals surface area contributed by atoms with Crippen LogP contribution in [0.4, 0.5) is 0 Å². The van der Waals surface area contributed by atoms with Gasteiger partial charge in [0.25, 0.3) is 0 Å². The van der Waals surface area contributed by atoms with Crippen molar-refractivity contribution >= 4 is 39.3 Å². The molecule has 0 aliphatic heterocycles. The van der Waals surface area contributed by atoms with Crippen LogP contribution >= 0.6 is 39.3 Å². The fourth-order valence-corrected chi connectivity index (χ4v) is 1.63. The topological polar surface area (TPSA) is 25.8 Å². The first-order valence-corrected chi connectivity index (χ1v) is 5.44. The smallest absolute Gasteiger partial charge is 0.187 e. The standard InChI is InChI=1S/C6H6BrClN2S/c1-11-6-9-3-4(7)5(2-8)10-6/h3H,2H2,1H3. The van der Waals surface area contributed by atoms with Crippen LogP contribution in [-0.4, -0.2) is 16.2 Å². The molecule has 0 N–H and O–H groups in total. The summed E-state index contributed by atoms with van der Waals surface area (Å²) in [7, 11) is 0. The van der Waals surface area contributed by atoms with Gasteiger partial charge in [-0.15, -0.1) is 11.6 Å². The molecule has 0 amide bonds. The molecule has 0 aliphatic rings. The van der Waals surface area contributed by atoms with Crippen molar-refractivity contribution < 1.29 is 0 Å². The van der Waals surface area contributed by atoms with E-state index < -0.39 is 0 Å². The number of thioether (sulfide) groups is 1. The number of halogens is 2. The van der Waals surface area contributed by atoms with Crippen LogP contribution in [0.2, 0.25) is 0 Å². The molecule has 2 nitrogen and oxygen atoms in total. The zero-order valence-corrected chi connectivity index (χ0v) is 9.00. The molecule has 1 heterocycles. The molecule has 0 spiro atoms. The summed E-state index contributed by atoms with van der Waals surface area (Å²) in [5.74, 6) is 0.413. The number of rotatable bonds is 2. The van der Waals surface area contributed by atoms with Crippen LogP contribution in [0.5, 0.6) is 0 Å². The summed E-state index contributed by atoms with van der Waals surface area (Å²) < 4.78 is 0.866. The average Bonchev–Trinajstić information content (AvgIpc) is 2.05. The highest BCUT2D eigenvalue weighted by Gasteiger charge is 2.01. The summed E-state index contributed by atoms with van der Waals surface area (Å²) in [6, 6.07) is 0. The van der Waals surface area contributed by atoms with Crippen LogP contribution in [0, 0.1) is 0 Å². The minimum Gasteiger partial charge on any atom is -0.230 e. The first-order valence-electron chi connectivity index (χ1n) is 2.89. The lowest BCUT2D eigenvalue weighted by molar-refractivity contribution is 0.916. The van der Waals surface area contributed by atoms with E-state index in [2.05, 4.69) is 25.9 Å². The van der Waals surface area contributed by atoms with Crippen LogP contribution in [0.25, 0.3) is 0 Å². The van der Waals surface area contributed by atoms with Crippen molar-refractivity contribution in [2.45, 2.75) is 11.0 Å². The SMILES string of the molecule is CSc1ncc(Br)c(CCl)n1. The van der Waals surface area contributed by atoms with Crippen molar-refractivity contribution in [3.8, 4) is 0 Å². The summed E-state index contributed by atoms with van der Waals surface area (Å²) in [4.78, 5) is 8.23. The third-order valence-electron chi connectivity index (χ3n) is 1.10. The van der Waals surface area contributed by atoms with E-state index in [-0.39, 0.29) is 0 Å². The first kappa shape index (κ1) is 9.29. The molecule has 0 radical (unpaired) electrons. The van der Waals surface area contributed by atoms with E-state index in [4.69, 9.17) is 11.6 Å². The van der Waals surface area contributed by atoms with E-state index in [1.54, 1.807) is 6.20 Å². The van der Waals surface area contributed by atoms with E-state index >= 15 is 0 Å². The largest absolute Gasteiger partial charge is 0.230 e. The van der Waals surface area contributed by atoms with Crippen molar-refractivity contribution in [3.05, 3.63) is 16.4 Å². The quantitative estimate of drug-likeness (QED) is 0.460. The van der Waals surface area contributed by atoms with Gasteiger partial charge in [0.1, 0.15) is 0 Å². The minimum absolute atomic E-state index is 0.413.